The third-order valence-corrected chi connectivity index (χ3v) is 3.27. The second kappa shape index (κ2) is 5.28. The van der Waals surface area contributed by atoms with Gasteiger partial charge in [-0.1, -0.05) is 28.1 Å². The Morgan fingerprint density at radius 1 is 1.60 bits per heavy atom. The monoisotopic (exact) mass is 271 g/mol. The van der Waals surface area contributed by atoms with Gasteiger partial charge in [-0.2, -0.15) is 0 Å². The van der Waals surface area contributed by atoms with E-state index < -0.39 is 0 Å². The van der Waals surface area contributed by atoms with E-state index in [-0.39, 0.29) is 18.4 Å². The SMILES string of the molecule is COC(=O)C(CN)c1cccc(Br)c1C. The van der Waals surface area contributed by atoms with Gasteiger partial charge in [-0.3, -0.25) is 4.79 Å². The topological polar surface area (TPSA) is 52.3 Å². The first-order valence-corrected chi connectivity index (χ1v) is 5.44. The fourth-order valence-corrected chi connectivity index (χ4v) is 1.88. The fourth-order valence-electron chi connectivity index (χ4n) is 1.49. The maximum atomic E-state index is 11.5. The van der Waals surface area contributed by atoms with Crippen molar-refractivity contribution in [3.8, 4) is 0 Å². The average molecular weight is 272 g/mol. The summed E-state index contributed by atoms with van der Waals surface area (Å²) in [6, 6.07) is 5.72. The van der Waals surface area contributed by atoms with Crippen molar-refractivity contribution in [2.75, 3.05) is 13.7 Å². The molecule has 2 N–H and O–H groups in total. The zero-order chi connectivity index (χ0) is 11.4. The number of benzene rings is 1. The lowest BCUT2D eigenvalue weighted by Crippen LogP contribution is -2.23. The number of methoxy groups -OCH3 is 1. The van der Waals surface area contributed by atoms with Crippen molar-refractivity contribution < 1.29 is 9.53 Å². The molecule has 0 aliphatic carbocycles. The molecule has 82 valence electrons. The Labute approximate surface area is 97.7 Å². The van der Waals surface area contributed by atoms with Crippen LogP contribution in [0.2, 0.25) is 0 Å². The summed E-state index contributed by atoms with van der Waals surface area (Å²) in [6.45, 7) is 2.20. The molecule has 0 saturated carbocycles. The summed E-state index contributed by atoms with van der Waals surface area (Å²) in [5.41, 5.74) is 7.53. The van der Waals surface area contributed by atoms with E-state index >= 15 is 0 Å². The van der Waals surface area contributed by atoms with Crippen molar-refractivity contribution >= 4 is 21.9 Å². The van der Waals surface area contributed by atoms with Gasteiger partial charge in [0.05, 0.1) is 13.0 Å². The van der Waals surface area contributed by atoms with Crippen molar-refractivity contribution in [2.45, 2.75) is 12.8 Å². The normalized spacial score (nSPS) is 12.3. The third-order valence-electron chi connectivity index (χ3n) is 2.41. The predicted molar refractivity (Wildman–Crippen MR) is 62.7 cm³/mol. The van der Waals surface area contributed by atoms with Gasteiger partial charge >= 0.3 is 5.97 Å². The van der Waals surface area contributed by atoms with Crippen LogP contribution in [0.15, 0.2) is 22.7 Å². The smallest absolute Gasteiger partial charge is 0.314 e. The lowest BCUT2D eigenvalue weighted by Gasteiger charge is -2.15. The largest absolute Gasteiger partial charge is 0.469 e. The number of carbonyl (C=O) groups excluding carboxylic acids is 1. The fraction of sp³-hybridized carbons (Fsp3) is 0.364. The summed E-state index contributed by atoms with van der Waals surface area (Å²) in [7, 11) is 1.37. The van der Waals surface area contributed by atoms with Crippen LogP contribution in [0, 0.1) is 6.92 Å². The zero-order valence-corrected chi connectivity index (χ0v) is 10.4. The van der Waals surface area contributed by atoms with Crippen molar-refractivity contribution in [3.63, 3.8) is 0 Å². The summed E-state index contributed by atoms with van der Waals surface area (Å²) in [4.78, 5) is 11.5. The van der Waals surface area contributed by atoms with E-state index in [0.29, 0.717) is 0 Å². The molecule has 0 aliphatic rings. The van der Waals surface area contributed by atoms with Crippen LogP contribution in [0.1, 0.15) is 17.0 Å². The van der Waals surface area contributed by atoms with Crippen LogP contribution in [-0.4, -0.2) is 19.6 Å². The molecule has 1 rings (SSSR count). The summed E-state index contributed by atoms with van der Waals surface area (Å²) < 4.78 is 5.69. The Balaban J connectivity index is 3.12. The van der Waals surface area contributed by atoms with Crippen LogP contribution in [0.4, 0.5) is 0 Å². The first kappa shape index (κ1) is 12.2. The molecule has 1 unspecified atom stereocenters. The maximum absolute atomic E-state index is 11.5. The van der Waals surface area contributed by atoms with Crippen LogP contribution in [0.5, 0.6) is 0 Å². The first-order chi connectivity index (χ1) is 7.11. The molecule has 1 aromatic rings. The molecular weight excluding hydrogens is 258 g/mol. The molecule has 0 bridgehead atoms. The number of ether oxygens (including phenoxy) is 1. The highest BCUT2D eigenvalue weighted by Gasteiger charge is 2.21. The second-order valence-corrected chi connectivity index (χ2v) is 4.12. The summed E-state index contributed by atoms with van der Waals surface area (Å²) >= 11 is 3.42. The molecule has 0 saturated heterocycles. The molecule has 0 aliphatic heterocycles. The van der Waals surface area contributed by atoms with Crippen molar-refractivity contribution in [1.82, 2.24) is 0 Å². The molecule has 0 aromatic heterocycles. The van der Waals surface area contributed by atoms with E-state index in [9.17, 15) is 4.79 Å². The zero-order valence-electron chi connectivity index (χ0n) is 8.79. The lowest BCUT2D eigenvalue weighted by molar-refractivity contribution is -0.142. The first-order valence-electron chi connectivity index (χ1n) is 4.64. The average Bonchev–Trinajstić information content (AvgIpc) is 2.24. The van der Waals surface area contributed by atoms with E-state index in [2.05, 4.69) is 15.9 Å². The van der Waals surface area contributed by atoms with Crippen molar-refractivity contribution in [3.05, 3.63) is 33.8 Å². The van der Waals surface area contributed by atoms with Crippen molar-refractivity contribution in [1.29, 1.82) is 0 Å². The number of nitrogens with two attached hydrogens (primary N) is 1. The highest BCUT2D eigenvalue weighted by molar-refractivity contribution is 9.10. The minimum atomic E-state index is -0.382. The van der Waals surface area contributed by atoms with Gasteiger partial charge in [0.1, 0.15) is 0 Å². The number of hydrogen-bond acceptors (Lipinski definition) is 3. The Morgan fingerprint density at radius 3 is 2.80 bits per heavy atom. The number of hydrogen-bond donors (Lipinski definition) is 1. The molecule has 0 heterocycles. The lowest BCUT2D eigenvalue weighted by atomic mass is 9.95. The molecule has 0 radical (unpaired) electrons. The van der Waals surface area contributed by atoms with Gasteiger partial charge in [0.15, 0.2) is 0 Å². The van der Waals surface area contributed by atoms with Gasteiger partial charge in [0, 0.05) is 11.0 Å². The molecule has 3 nitrogen and oxygen atoms in total. The van der Waals surface area contributed by atoms with Crippen molar-refractivity contribution in [2.24, 2.45) is 5.73 Å². The molecule has 0 amide bonds. The quantitative estimate of drug-likeness (QED) is 0.856. The molecule has 15 heavy (non-hydrogen) atoms. The van der Waals surface area contributed by atoms with Crippen LogP contribution < -0.4 is 5.73 Å². The Kier molecular flexibility index (Phi) is 4.29. The summed E-state index contributed by atoms with van der Waals surface area (Å²) in [5.74, 6) is -0.675. The molecule has 1 aromatic carbocycles. The Morgan fingerprint density at radius 2 is 2.27 bits per heavy atom. The molecular formula is C11H14BrNO2. The van der Waals surface area contributed by atoms with Crippen LogP contribution in [-0.2, 0) is 9.53 Å². The van der Waals surface area contributed by atoms with Gasteiger partial charge in [-0.05, 0) is 24.1 Å². The van der Waals surface area contributed by atoms with Gasteiger partial charge in [0.25, 0.3) is 0 Å². The molecule has 0 spiro atoms. The molecule has 0 fully saturated rings. The van der Waals surface area contributed by atoms with Gasteiger partial charge in [0.2, 0.25) is 0 Å². The Hall–Kier alpha value is -0.870. The summed E-state index contributed by atoms with van der Waals surface area (Å²) in [5, 5.41) is 0. The number of halogens is 1. The second-order valence-electron chi connectivity index (χ2n) is 3.27. The van der Waals surface area contributed by atoms with E-state index in [1.165, 1.54) is 7.11 Å². The standard InChI is InChI=1S/C11H14BrNO2/c1-7-8(4-3-5-10(7)12)9(6-13)11(14)15-2/h3-5,9H,6,13H2,1-2H3. The number of esters is 1. The maximum Gasteiger partial charge on any atom is 0.314 e. The minimum Gasteiger partial charge on any atom is -0.469 e. The van der Waals surface area contributed by atoms with E-state index in [1.54, 1.807) is 0 Å². The van der Waals surface area contributed by atoms with Gasteiger partial charge < -0.3 is 10.5 Å². The third kappa shape index (κ3) is 2.58. The van der Waals surface area contributed by atoms with Crippen LogP contribution >= 0.6 is 15.9 Å². The van der Waals surface area contributed by atoms with Crippen LogP contribution in [0.25, 0.3) is 0 Å². The molecule has 1 atom stereocenters. The highest BCUT2D eigenvalue weighted by atomic mass is 79.9. The van der Waals surface area contributed by atoms with Gasteiger partial charge in [-0.25, -0.2) is 0 Å². The van der Waals surface area contributed by atoms with E-state index in [0.717, 1.165) is 15.6 Å². The van der Waals surface area contributed by atoms with E-state index in [4.69, 9.17) is 10.5 Å². The molecule has 4 heteroatoms. The predicted octanol–water partition coefficient (Wildman–Crippen LogP) is 1.97. The highest BCUT2D eigenvalue weighted by Crippen LogP contribution is 2.26. The summed E-state index contributed by atoms with van der Waals surface area (Å²) in [6.07, 6.45) is 0. The van der Waals surface area contributed by atoms with Gasteiger partial charge in [-0.15, -0.1) is 0 Å². The minimum absolute atomic E-state index is 0.254. The van der Waals surface area contributed by atoms with E-state index in [1.807, 2.05) is 25.1 Å². The number of carbonyl (C=O) groups is 1. The Bertz CT molecular complexity index is 366. The van der Waals surface area contributed by atoms with Crippen LogP contribution in [0.3, 0.4) is 0 Å². The number of rotatable bonds is 3.